The third-order valence-corrected chi connectivity index (χ3v) is 6.03. The summed E-state index contributed by atoms with van der Waals surface area (Å²) in [6, 6.07) is 12.1. The van der Waals surface area contributed by atoms with Crippen molar-refractivity contribution in [1.29, 1.82) is 0 Å². The van der Waals surface area contributed by atoms with Gasteiger partial charge in [0, 0.05) is 20.6 Å². The molecule has 8 heteroatoms. The lowest BCUT2D eigenvalue weighted by Gasteiger charge is -2.10. The third kappa shape index (κ3) is 3.72. The van der Waals surface area contributed by atoms with Gasteiger partial charge in [-0.25, -0.2) is 17.9 Å². The van der Waals surface area contributed by atoms with Gasteiger partial charge in [0.1, 0.15) is 0 Å². The Labute approximate surface area is 156 Å². The number of hydrogen-bond donors (Lipinski definition) is 1. The summed E-state index contributed by atoms with van der Waals surface area (Å²) in [4.78, 5) is 24.3. The van der Waals surface area contributed by atoms with Crippen molar-refractivity contribution in [2.75, 3.05) is 6.54 Å². The Hall–Kier alpha value is -2.71. The molecule has 0 atom stereocenters. The first-order valence-electron chi connectivity index (χ1n) is 8.46. The molecule has 3 rings (SSSR count). The monoisotopic (exact) mass is 387 g/mol. The van der Waals surface area contributed by atoms with Crippen molar-refractivity contribution in [3.05, 3.63) is 74.4 Å². The highest BCUT2D eigenvalue weighted by atomic mass is 32.2. The minimum atomic E-state index is -3.77. The van der Waals surface area contributed by atoms with Crippen molar-refractivity contribution in [3.63, 3.8) is 0 Å². The minimum absolute atomic E-state index is 0.00495. The van der Waals surface area contributed by atoms with Gasteiger partial charge in [-0.1, -0.05) is 29.8 Å². The van der Waals surface area contributed by atoms with E-state index in [1.807, 2.05) is 31.2 Å². The highest BCUT2D eigenvalue weighted by molar-refractivity contribution is 7.89. The number of aromatic nitrogens is 2. The van der Waals surface area contributed by atoms with Crippen LogP contribution in [0.2, 0.25) is 0 Å². The van der Waals surface area contributed by atoms with Crippen LogP contribution in [0.3, 0.4) is 0 Å². The second kappa shape index (κ2) is 7.13. The Balaban J connectivity index is 1.88. The third-order valence-electron chi connectivity index (χ3n) is 4.57. The summed E-state index contributed by atoms with van der Waals surface area (Å²) >= 11 is 0. The van der Waals surface area contributed by atoms with Crippen LogP contribution in [0.4, 0.5) is 0 Å². The fraction of sp³-hybridized carbons (Fsp3) is 0.263. The highest BCUT2D eigenvalue weighted by Crippen LogP contribution is 2.15. The van der Waals surface area contributed by atoms with Crippen LogP contribution in [-0.4, -0.2) is 24.1 Å². The predicted octanol–water partition coefficient (Wildman–Crippen LogP) is 1.07. The van der Waals surface area contributed by atoms with Gasteiger partial charge in [-0.15, -0.1) is 0 Å². The minimum Gasteiger partial charge on any atom is -0.296 e. The normalized spacial score (nSPS) is 11.8. The number of aryl methyl sites for hydroxylation is 2. The summed E-state index contributed by atoms with van der Waals surface area (Å²) in [5.74, 6) is 0. The van der Waals surface area contributed by atoms with Crippen molar-refractivity contribution in [2.24, 2.45) is 14.1 Å². The van der Waals surface area contributed by atoms with E-state index < -0.39 is 21.3 Å². The lowest BCUT2D eigenvalue weighted by Crippen LogP contribution is -2.37. The number of hydrogen-bond acceptors (Lipinski definition) is 4. The molecule has 3 aromatic rings. The molecule has 0 saturated heterocycles. The SMILES string of the molecule is Cc1ccc(CCNS(=O)(=O)c2ccc3c(c2)c(=O)n(C)c(=O)n3C)cc1. The Morgan fingerprint density at radius 1 is 0.963 bits per heavy atom. The Bertz CT molecular complexity index is 1220. The highest BCUT2D eigenvalue weighted by Gasteiger charge is 2.17. The van der Waals surface area contributed by atoms with Crippen LogP contribution in [0.25, 0.3) is 10.9 Å². The summed E-state index contributed by atoms with van der Waals surface area (Å²) in [5, 5.41) is 0.181. The number of sulfonamides is 1. The molecule has 142 valence electrons. The first kappa shape index (κ1) is 19.1. The lowest BCUT2D eigenvalue weighted by molar-refractivity contribution is 0.581. The van der Waals surface area contributed by atoms with Crippen molar-refractivity contribution in [1.82, 2.24) is 13.9 Å². The zero-order valence-electron chi connectivity index (χ0n) is 15.4. The van der Waals surface area contributed by atoms with E-state index >= 15 is 0 Å². The second-order valence-corrected chi connectivity index (χ2v) is 8.29. The molecular weight excluding hydrogens is 366 g/mol. The largest absolute Gasteiger partial charge is 0.330 e. The van der Waals surface area contributed by atoms with Gasteiger partial charge < -0.3 is 0 Å². The fourth-order valence-corrected chi connectivity index (χ4v) is 3.97. The molecule has 0 spiro atoms. The molecule has 0 aliphatic rings. The van der Waals surface area contributed by atoms with Crippen LogP contribution in [0.5, 0.6) is 0 Å². The van der Waals surface area contributed by atoms with E-state index in [1.54, 1.807) is 0 Å². The molecule has 0 amide bonds. The molecule has 7 nitrogen and oxygen atoms in total. The second-order valence-electron chi connectivity index (χ2n) is 6.52. The van der Waals surface area contributed by atoms with Crippen LogP contribution >= 0.6 is 0 Å². The van der Waals surface area contributed by atoms with E-state index in [4.69, 9.17) is 0 Å². The summed E-state index contributed by atoms with van der Waals surface area (Å²) < 4.78 is 30.0. The maximum atomic E-state index is 12.6. The maximum absolute atomic E-state index is 12.6. The summed E-state index contributed by atoms with van der Waals surface area (Å²) in [7, 11) is -0.862. The standard InChI is InChI=1S/C19H21N3O4S/c1-13-4-6-14(7-5-13)10-11-20-27(25,26)15-8-9-17-16(12-15)18(23)22(3)19(24)21(17)2/h4-9,12,20H,10-11H2,1-3H3. The van der Waals surface area contributed by atoms with E-state index in [-0.39, 0.29) is 16.8 Å². The molecule has 0 aliphatic carbocycles. The van der Waals surface area contributed by atoms with Gasteiger partial charge in [-0.2, -0.15) is 0 Å². The Kier molecular flexibility index (Phi) is 5.03. The summed E-state index contributed by atoms with van der Waals surface area (Å²) in [6.45, 7) is 2.24. The van der Waals surface area contributed by atoms with E-state index in [0.29, 0.717) is 11.9 Å². The zero-order valence-corrected chi connectivity index (χ0v) is 16.2. The van der Waals surface area contributed by atoms with Crippen molar-refractivity contribution in [2.45, 2.75) is 18.2 Å². The first-order valence-corrected chi connectivity index (χ1v) is 9.94. The number of nitrogens with one attached hydrogen (secondary N) is 1. The number of benzene rings is 2. The van der Waals surface area contributed by atoms with Gasteiger partial charge in [0.2, 0.25) is 10.0 Å². The van der Waals surface area contributed by atoms with Gasteiger partial charge in [-0.05, 0) is 37.1 Å². The van der Waals surface area contributed by atoms with Crippen molar-refractivity contribution >= 4 is 20.9 Å². The van der Waals surface area contributed by atoms with Gasteiger partial charge in [0.25, 0.3) is 5.56 Å². The molecule has 0 bridgehead atoms. The quantitative estimate of drug-likeness (QED) is 0.709. The van der Waals surface area contributed by atoms with E-state index in [1.165, 1.54) is 36.9 Å². The Morgan fingerprint density at radius 3 is 2.30 bits per heavy atom. The van der Waals surface area contributed by atoms with Crippen LogP contribution < -0.4 is 16.0 Å². The molecule has 0 saturated carbocycles. The number of fused-ring (bicyclic) bond motifs is 1. The maximum Gasteiger partial charge on any atom is 0.330 e. The van der Waals surface area contributed by atoms with Gasteiger partial charge in [0.05, 0.1) is 15.8 Å². The van der Waals surface area contributed by atoms with E-state index in [0.717, 1.165) is 15.7 Å². The molecule has 0 unspecified atom stereocenters. The van der Waals surface area contributed by atoms with Crippen LogP contribution in [0, 0.1) is 6.92 Å². The molecule has 0 radical (unpaired) electrons. The zero-order chi connectivity index (χ0) is 19.8. The smallest absolute Gasteiger partial charge is 0.296 e. The number of nitrogens with zero attached hydrogens (tertiary/aromatic N) is 2. The molecule has 2 aromatic carbocycles. The van der Waals surface area contributed by atoms with Crippen LogP contribution in [-0.2, 0) is 30.5 Å². The lowest BCUT2D eigenvalue weighted by atomic mass is 10.1. The molecule has 0 fully saturated rings. The summed E-state index contributed by atoms with van der Waals surface area (Å²) in [6.07, 6.45) is 0.559. The van der Waals surface area contributed by atoms with Crippen molar-refractivity contribution in [3.8, 4) is 0 Å². The Morgan fingerprint density at radius 2 is 1.63 bits per heavy atom. The van der Waals surface area contributed by atoms with Crippen LogP contribution in [0.15, 0.2) is 56.9 Å². The molecule has 1 aromatic heterocycles. The molecule has 0 aliphatic heterocycles. The summed E-state index contributed by atoms with van der Waals surface area (Å²) in [5.41, 5.74) is 1.59. The molecule has 27 heavy (non-hydrogen) atoms. The van der Waals surface area contributed by atoms with E-state index in [2.05, 4.69) is 4.72 Å². The first-order chi connectivity index (χ1) is 12.7. The molecule has 1 N–H and O–H groups in total. The topological polar surface area (TPSA) is 90.2 Å². The van der Waals surface area contributed by atoms with E-state index in [9.17, 15) is 18.0 Å². The predicted molar refractivity (Wildman–Crippen MR) is 105 cm³/mol. The number of rotatable bonds is 5. The fourth-order valence-electron chi connectivity index (χ4n) is 2.91. The van der Waals surface area contributed by atoms with Crippen molar-refractivity contribution < 1.29 is 8.42 Å². The van der Waals surface area contributed by atoms with Gasteiger partial charge in [-0.3, -0.25) is 13.9 Å². The van der Waals surface area contributed by atoms with Gasteiger partial charge in [0.15, 0.2) is 0 Å². The van der Waals surface area contributed by atoms with Crippen LogP contribution in [0.1, 0.15) is 11.1 Å². The molecule has 1 heterocycles. The molecular formula is C19H21N3O4S. The van der Waals surface area contributed by atoms with Gasteiger partial charge >= 0.3 is 5.69 Å². The average molecular weight is 387 g/mol. The average Bonchev–Trinajstić information content (AvgIpc) is 2.65.